The van der Waals surface area contributed by atoms with E-state index in [9.17, 15) is 18.0 Å². The van der Waals surface area contributed by atoms with Crippen LogP contribution in [0.3, 0.4) is 0 Å². The quantitative estimate of drug-likeness (QED) is 0.340. The zero-order chi connectivity index (χ0) is 25.6. The van der Waals surface area contributed by atoms with Crippen LogP contribution in [0.15, 0.2) is 89.8 Å². The predicted octanol–water partition coefficient (Wildman–Crippen LogP) is 5.22. The third-order valence-electron chi connectivity index (χ3n) is 5.00. The maximum absolute atomic E-state index is 13.6. The molecule has 0 saturated carbocycles. The highest BCUT2D eigenvalue weighted by molar-refractivity contribution is 7.89. The lowest BCUT2D eigenvalue weighted by molar-refractivity contribution is -0.0280. The fourth-order valence-corrected chi connectivity index (χ4v) is 4.56. The molecule has 3 aromatic rings. The first-order chi connectivity index (χ1) is 16.5. The van der Waals surface area contributed by atoms with Gasteiger partial charge in [-0.25, -0.2) is 13.2 Å². The number of rotatable bonds is 8. The molecule has 3 rings (SSSR count). The minimum atomic E-state index is -4.09. The van der Waals surface area contributed by atoms with Crippen LogP contribution in [0.4, 0.5) is 4.79 Å². The van der Waals surface area contributed by atoms with Gasteiger partial charge < -0.3 is 9.47 Å². The van der Waals surface area contributed by atoms with E-state index in [4.69, 9.17) is 9.47 Å². The highest BCUT2D eigenvalue weighted by atomic mass is 32.2. The molecule has 184 valence electrons. The van der Waals surface area contributed by atoms with Crippen molar-refractivity contribution >= 4 is 22.0 Å². The van der Waals surface area contributed by atoms with E-state index in [0.717, 1.165) is 5.56 Å². The Kier molecular flexibility index (Phi) is 8.09. The molecule has 0 spiro atoms. The van der Waals surface area contributed by atoms with Gasteiger partial charge in [-0.15, -0.1) is 0 Å². The number of ketones is 1. The third kappa shape index (κ3) is 7.24. The summed E-state index contributed by atoms with van der Waals surface area (Å²) in [4.78, 5) is 26.2. The molecule has 0 aliphatic carbocycles. The van der Waals surface area contributed by atoms with E-state index < -0.39 is 39.7 Å². The first-order valence-corrected chi connectivity index (χ1v) is 12.6. The Morgan fingerprint density at radius 2 is 1.37 bits per heavy atom. The molecule has 0 saturated heterocycles. The molecule has 1 N–H and O–H groups in total. The lowest BCUT2D eigenvalue weighted by atomic mass is 9.95. The number of hydrogen-bond acceptors (Lipinski definition) is 6. The monoisotopic (exact) mass is 495 g/mol. The van der Waals surface area contributed by atoms with Gasteiger partial charge in [0.15, 0.2) is 6.10 Å². The van der Waals surface area contributed by atoms with Crippen molar-refractivity contribution in [1.29, 1.82) is 0 Å². The number of Topliss-reactive ketones (excluding diaryl/α,β-unsaturated/α-hetero) is 1. The topological polar surface area (TPSA) is 98.8 Å². The van der Waals surface area contributed by atoms with E-state index in [0.29, 0.717) is 5.56 Å². The second-order valence-corrected chi connectivity index (χ2v) is 10.8. The molecule has 35 heavy (non-hydrogen) atoms. The SMILES string of the molecule is Cc1ccc(S(=O)(=O)N[C@H](c2ccccc2)[C@H](OC(=O)OC(C)(C)C)C(=O)c2ccccc2)cc1. The average Bonchev–Trinajstić information content (AvgIpc) is 2.81. The van der Waals surface area contributed by atoms with Crippen LogP contribution in [0.2, 0.25) is 0 Å². The van der Waals surface area contributed by atoms with Crippen LogP contribution in [0, 0.1) is 6.92 Å². The molecule has 0 heterocycles. The molecule has 7 nitrogen and oxygen atoms in total. The Bertz CT molecular complexity index is 1250. The summed E-state index contributed by atoms with van der Waals surface area (Å²) in [6.45, 7) is 6.84. The normalized spacial score (nSPS) is 13.5. The van der Waals surface area contributed by atoms with Crippen molar-refractivity contribution in [2.45, 2.75) is 50.3 Å². The first kappa shape index (κ1) is 26.1. The van der Waals surface area contributed by atoms with E-state index in [1.807, 2.05) is 6.92 Å². The number of sulfonamides is 1. The van der Waals surface area contributed by atoms with Crippen LogP contribution < -0.4 is 4.72 Å². The van der Waals surface area contributed by atoms with Crippen LogP contribution in [0.1, 0.15) is 48.3 Å². The van der Waals surface area contributed by atoms with Crippen molar-refractivity contribution in [3.63, 3.8) is 0 Å². The minimum absolute atomic E-state index is 0.0206. The second kappa shape index (κ2) is 10.8. The lowest BCUT2D eigenvalue weighted by Gasteiger charge is -2.28. The van der Waals surface area contributed by atoms with Crippen LogP contribution in [-0.2, 0) is 19.5 Å². The van der Waals surface area contributed by atoms with Crippen molar-refractivity contribution in [2.75, 3.05) is 0 Å². The van der Waals surface area contributed by atoms with Gasteiger partial charge in [0.1, 0.15) is 5.60 Å². The molecule has 0 aliphatic heterocycles. The number of benzene rings is 3. The van der Waals surface area contributed by atoms with Gasteiger partial charge in [-0.3, -0.25) is 4.79 Å². The summed E-state index contributed by atoms with van der Waals surface area (Å²) < 4.78 is 40.0. The Balaban J connectivity index is 2.07. The summed E-state index contributed by atoms with van der Waals surface area (Å²) in [5.74, 6) is -0.572. The summed E-state index contributed by atoms with van der Waals surface area (Å²) in [5, 5.41) is 0. The van der Waals surface area contributed by atoms with Gasteiger partial charge in [0.25, 0.3) is 0 Å². The Hall–Kier alpha value is -3.49. The molecule has 2 atom stereocenters. The standard InChI is InChI=1S/C27H29NO6S/c1-19-15-17-22(18-16-19)35(31,32)28-23(20-11-7-5-8-12-20)25(33-26(30)34-27(2,3)4)24(29)21-13-9-6-10-14-21/h5-18,23,25,28H,1-4H3/t23-,25+/m1/s1. The number of hydrogen-bond donors (Lipinski definition) is 1. The molecular weight excluding hydrogens is 466 g/mol. The van der Waals surface area contributed by atoms with Gasteiger partial charge in [-0.2, -0.15) is 4.72 Å². The first-order valence-electron chi connectivity index (χ1n) is 11.1. The third-order valence-corrected chi connectivity index (χ3v) is 6.46. The zero-order valence-corrected chi connectivity index (χ0v) is 20.9. The fourth-order valence-electron chi connectivity index (χ4n) is 3.33. The maximum Gasteiger partial charge on any atom is 0.509 e. The molecular formula is C27H29NO6S. The zero-order valence-electron chi connectivity index (χ0n) is 20.1. The maximum atomic E-state index is 13.6. The summed E-state index contributed by atoms with van der Waals surface area (Å²) >= 11 is 0. The van der Waals surface area contributed by atoms with Crippen molar-refractivity contribution in [3.05, 3.63) is 102 Å². The second-order valence-electron chi connectivity index (χ2n) is 9.06. The van der Waals surface area contributed by atoms with Crippen molar-refractivity contribution in [2.24, 2.45) is 0 Å². The Morgan fingerprint density at radius 3 is 1.91 bits per heavy atom. The summed E-state index contributed by atoms with van der Waals surface area (Å²) in [6, 6.07) is 21.8. The van der Waals surface area contributed by atoms with Crippen molar-refractivity contribution in [3.8, 4) is 0 Å². The molecule has 0 fully saturated rings. The summed E-state index contributed by atoms with van der Waals surface area (Å²) in [6.07, 6.45) is -2.61. The lowest BCUT2D eigenvalue weighted by Crippen LogP contribution is -2.43. The number of carbonyl (C=O) groups excluding carboxylic acids is 2. The van der Waals surface area contributed by atoms with E-state index >= 15 is 0 Å². The van der Waals surface area contributed by atoms with E-state index in [1.165, 1.54) is 12.1 Å². The Morgan fingerprint density at radius 1 is 0.829 bits per heavy atom. The van der Waals surface area contributed by atoms with E-state index in [-0.39, 0.29) is 10.5 Å². The van der Waals surface area contributed by atoms with Crippen LogP contribution in [0.5, 0.6) is 0 Å². The van der Waals surface area contributed by atoms with E-state index in [2.05, 4.69) is 4.72 Å². The van der Waals surface area contributed by atoms with Gasteiger partial charge in [-0.1, -0.05) is 78.4 Å². The number of ether oxygens (including phenoxy) is 2. The number of aryl methyl sites for hydroxylation is 1. The highest BCUT2D eigenvalue weighted by Crippen LogP contribution is 2.26. The number of carbonyl (C=O) groups is 2. The van der Waals surface area contributed by atoms with Gasteiger partial charge >= 0.3 is 6.16 Å². The van der Waals surface area contributed by atoms with Gasteiger partial charge in [-0.05, 0) is 45.4 Å². The fraction of sp³-hybridized carbons (Fsp3) is 0.259. The summed E-state index contributed by atoms with van der Waals surface area (Å²) in [7, 11) is -4.09. The van der Waals surface area contributed by atoms with Gasteiger partial charge in [0.05, 0.1) is 10.9 Å². The molecule has 0 bridgehead atoms. The summed E-state index contributed by atoms with van der Waals surface area (Å²) in [5.41, 5.74) is 0.729. The largest absolute Gasteiger partial charge is 0.509 e. The van der Waals surface area contributed by atoms with E-state index in [1.54, 1.807) is 93.6 Å². The molecule has 0 radical (unpaired) electrons. The number of nitrogens with one attached hydrogen (secondary N) is 1. The van der Waals surface area contributed by atoms with Crippen LogP contribution in [0.25, 0.3) is 0 Å². The molecule has 0 aliphatic rings. The van der Waals surface area contributed by atoms with Crippen molar-refractivity contribution in [1.82, 2.24) is 4.72 Å². The van der Waals surface area contributed by atoms with Gasteiger partial charge in [0.2, 0.25) is 15.8 Å². The smallest absolute Gasteiger partial charge is 0.429 e. The predicted molar refractivity (Wildman–Crippen MR) is 133 cm³/mol. The van der Waals surface area contributed by atoms with Gasteiger partial charge in [0, 0.05) is 5.56 Å². The molecule has 8 heteroatoms. The molecule has 3 aromatic carbocycles. The Labute approximate surface area is 206 Å². The minimum Gasteiger partial charge on any atom is -0.429 e. The molecule has 0 aromatic heterocycles. The van der Waals surface area contributed by atoms with Crippen molar-refractivity contribution < 1.29 is 27.5 Å². The van der Waals surface area contributed by atoms with Crippen LogP contribution >= 0.6 is 0 Å². The molecule has 0 unspecified atom stereocenters. The van der Waals surface area contributed by atoms with Crippen LogP contribution in [-0.4, -0.2) is 32.1 Å². The molecule has 0 amide bonds. The average molecular weight is 496 g/mol. The highest BCUT2D eigenvalue weighted by Gasteiger charge is 2.38.